The van der Waals surface area contributed by atoms with Gasteiger partial charge in [0.05, 0.1) is 12.7 Å². The molecule has 162 valence electrons. The Morgan fingerprint density at radius 2 is 2.10 bits per heavy atom. The molecule has 29 heavy (non-hydrogen) atoms. The van der Waals surface area contributed by atoms with Crippen LogP contribution in [0.2, 0.25) is 0 Å². The van der Waals surface area contributed by atoms with Gasteiger partial charge >= 0.3 is 0 Å². The van der Waals surface area contributed by atoms with Crippen LogP contribution in [0.25, 0.3) is 0 Å². The zero-order chi connectivity index (χ0) is 20.7. The lowest BCUT2D eigenvalue weighted by Gasteiger charge is -2.43. The summed E-state index contributed by atoms with van der Waals surface area (Å²) in [5.41, 5.74) is 0.891. The fourth-order valence-electron chi connectivity index (χ4n) is 4.25. The fraction of sp³-hybridized carbons (Fsp3) is 0.700. The van der Waals surface area contributed by atoms with E-state index < -0.39 is 10.0 Å². The molecule has 9 heteroatoms. The third kappa shape index (κ3) is 6.74. The van der Waals surface area contributed by atoms with E-state index in [1.807, 2.05) is 12.1 Å². The number of carbonyl (C=O) groups is 1. The topological polar surface area (TPSA) is 91.8 Å². The van der Waals surface area contributed by atoms with E-state index in [1.54, 1.807) is 16.7 Å². The third-order valence-electron chi connectivity index (χ3n) is 5.74. The number of pyridine rings is 1. The number of aromatic nitrogens is 1. The number of hydrogen-bond donors (Lipinski definition) is 1. The SMILES string of the molecule is CS(=O)(=O)N1CCCC(N(CCNC(=O)Cc2cccnc2)C2CCOCC2)C1. The molecule has 2 aliphatic rings. The summed E-state index contributed by atoms with van der Waals surface area (Å²) >= 11 is 0. The van der Waals surface area contributed by atoms with E-state index in [-0.39, 0.29) is 11.9 Å². The zero-order valence-corrected chi connectivity index (χ0v) is 17.9. The molecule has 1 amide bonds. The van der Waals surface area contributed by atoms with Crippen LogP contribution in [0.5, 0.6) is 0 Å². The Hall–Kier alpha value is -1.55. The van der Waals surface area contributed by atoms with Crippen molar-refractivity contribution >= 4 is 15.9 Å². The average molecular weight is 425 g/mol. The number of rotatable bonds is 8. The van der Waals surface area contributed by atoms with Crippen LogP contribution >= 0.6 is 0 Å². The first-order chi connectivity index (χ1) is 13.9. The van der Waals surface area contributed by atoms with Gasteiger partial charge in [-0.3, -0.25) is 14.7 Å². The summed E-state index contributed by atoms with van der Waals surface area (Å²) < 4.78 is 31.2. The number of ether oxygens (including phenoxy) is 1. The van der Waals surface area contributed by atoms with Gasteiger partial charge in [-0.05, 0) is 37.3 Å². The number of amides is 1. The van der Waals surface area contributed by atoms with E-state index >= 15 is 0 Å². The van der Waals surface area contributed by atoms with Crippen LogP contribution in [0.1, 0.15) is 31.2 Å². The van der Waals surface area contributed by atoms with Gasteiger partial charge in [0, 0.05) is 63.9 Å². The Kier molecular flexibility index (Phi) is 7.99. The molecule has 1 N–H and O–H groups in total. The minimum Gasteiger partial charge on any atom is -0.381 e. The largest absolute Gasteiger partial charge is 0.381 e. The quantitative estimate of drug-likeness (QED) is 0.659. The third-order valence-corrected chi connectivity index (χ3v) is 7.01. The van der Waals surface area contributed by atoms with Crippen molar-refractivity contribution in [1.29, 1.82) is 0 Å². The van der Waals surface area contributed by atoms with Gasteiger partial charge in [0.2, 0.25) is 15.9 Å². The van der Waals surface area contributed by atoms with Crippen LogP contribution in [-0.2, 0) is 26.0 Å². The molecule has 8 nitrogen and oxygen atoms in total. The Balaban J connectivity index is 1.57. The molecule has 2 saturated heterocycles. The normalized spacial score (nSPS) is 21.9. The highest BCUT2D eigenvalue weighted by molar-refractivity contribution is 7.88. The molecule has 0 aliphatic carbocycles. The summed E-state index contributed by atoms with van der Waals surface area (Å²) in [5, 5.41) is 3.01. The second-order valence-electron chi connectivity index (χ2n) is 7.89. The van der Waals surface area contributed by atoms with Gasteiger partial charge in [-0.1, -0.05) is 6.07 Å². The Bertz CT molecular complexity index is 753. The Labute approximate surface area is 173 Å². The second kappa shape index (κ2) is 10.5. The maximum absolute atomic E-state index is 12.3. The Morgan fingerprint density at radius 1 is 1.31 bits per heavy atom. The van der Waals surface area contributed by atoms with Crippen molar-refractivity contribution in [3.63, 3.8) is 0 Å². The van der Waals surface area contributed by atoms with Crippen LogP contribution in [-0.4, -0.2) is 86.2 Å². The van der Waals surface area contributed by atoms with Crippen molar-refractivity contribution in [2.24, 2.45) is 0 Å². The van der Waals surface area contributed by atoms with Crippen molar-refractivity contribution < 1.29 is 17.9 Å². The monoisotopic (exact) mass is 424 g/mol. The molecule has 0 bridgehead atoms. The van der Waals surface area contributed by atoms with E-state index in [0.717, 1.165) is 44.5 Å². The van der Waals surface area contributed by atoms with E-state index in [4.69, 9.17) is 4.74 Å². The second-order valence-corrected chi connectivity index (χ2v) is 9.87. The minimum absolute atomic E-state index is 0.0219. The highest BCUT2D eigenvalue weighted by Crippen LogP contribution is 2.24. The molecule has 1 atom stereocenters. The molecule has 1 unspecified atom stereocenters. The lowest BCUT2D eigenvalue weighted by atomic mass is 9.99. The van der Waals surface area contributed by atoms with Crippen LogP contribution in [0.15, 0.2) is 24.5 Å². The maximum atomic E-state index is 12.3. The van der Waals surface area contributed by atoms with Crippen LogP contribution in [0.4, 0.5) is 0 Å². The molecule has 0 spiro atoms. The summed E-state index contributed by atoms with van der Waals surface area (Å²) in [5.74, 6) is -0.0219. The fourth-order valence-corrected chi connectivity index (χ4v) is 5.15. The van der Waals surface area contributed by atoms with Crippen molar-refractivity contribution in [1.82, 2.24) is 19.5 Å². The van der Waals surface area contributed by atoms with Crippen molar-refractivity contribution in [3.05, 3.63) is 30.1 Å². The summed E-state index contributed by atoms with van der Waals surface area (Å²) in [6.45, 7) is 3.85. The van der Waals surface area contributed by atoms with Crippen LogP contribution < -0.4 is 5.32 Å². The van der Waals surface area contributed by atoms with E-state index in [9.17, 15) is 13.2 Å². The average Bonchev–Trinajstić information content (AvgIpc) is 2.72. The molecule has 0 saturated carbocycles. The predicted octanol–water partition coefficient (Wildman–Crippen LogP) is 0.645. The predicted molar refractivity (Wildman–Crippen MR) is 111 cm³/mol. The smallest absolute Gasteiger partial charge is 0.224 e. The van der Waals surface area contributed by atoms with Crippen molar-refractivity contribution in [2.75, 3.05) is 45.6 Å². The summed E-state index contributed by atoms with van der Waals surface area (Å²) in [4.78, 5) is 18.7. The van der Waals surface area contributed by atoms with Gasteiger partial charge in [-0.2, -0.15) is 0 Å². The molecule has 1 aromatic rings. The standard InChI is InChI=1S/C20H32N4O4S/c1-29(26,27)23-10-3-5-19(16-23)24(18-6-12-28-13-7-18)11-9-22-20(25)14-17-4-2-8-21-15-17/h2,4,8,15,18-19H,3,5-7,9-14,16H2,1H3,(H,22,25). The van der Waals surface area contributed by atoms with Crippen LogP contribution in [0.3, 0.4) is 0 Å². The molecule has 0 radical (unpaired) electrons. The molecule has 3 heterocycles. The molecular weight excluding hydrogens is 392 g/mol. The van der Waals surface area contributed by atoms with Crippen molar-refractivity contribution in [2.45, 2.75) is 44.2 Å². The zero-order valence-electron chi connectivity index (χ0n) is 17.1. The lowest BCUT2D eigenvalue weighted by Crippen LogP contribution is -2.55. The lowest BCUT2D eigenvalue weighted by molar-refractivity contribution is -0.120. The van der Waals surface area contributed by atoms with E-state index in [1.165, 1.54) is 6.26 Å². The highest BCUT2D eigenvalue weighted by Gasteiger charge is 2.33. The maximum Gasteiger partial charge on any atom is 0.224 e. The highest BCUT2D eigenvalue weighted by atomic mass is 32.2. The number of sulfonamides is 1. The van der Waals surface area contributed by atoms with Crippen LogP contribution in [0, 0.1) is 0 Å². The van der Waals surface area contributed by atoms with E-state index in [2.05, 4.69) is 15.2 Å². The van der Waals surface area contributed by atoms with Gasteiger partial charge in [-0.15, -0.1) is 0 Å². The summed E-state index contributed by atoms with van der Waals surface area (Å²) in [7, 11) is -3.19. The van der Waals surface area contributed by atoms with E-state index in [0.29, 0.717) is 38.6 Å². The first-order valence-corrected chi connectivity index (χ1v) is 12.2. The van der Waals surface area contributed by atoms with Gasteiger partial charge in [0.15, 0.2) is 0 Å². The first kappa shape index (κ1) is 22.1. The number of carbonyl (C=O) groups excluding carboxylic acids is 1. The summed E-state index contributed by atoms with van der Waals surface area (Å²) in [6.07, 6.45) is 8.73. The number of nitrogens with zero attached hydrogens (tertiary/aromatic N) is 3. The molecule has 2 fully saturated rings. The van der Waals surface area contributed by atoms with Gasteiger partial charge in [0.1, 0.15) is 0 Å². The molecule has 1 aromatic heterocycles. The first-order valence-electron chi connectivity index (χ1n) is 10.4. The van der Waals surface area contributed by atoms with Gasteiger partial charge in [-0.25, -0.2) is 12.7 Å². The number of piperidine rings is 1. The minimum atomic E-state index is -3.19. The number of nitrogens with one attached hydrogen (secondary N) is 1. The van der Waals surface area contributed by atoms with Gasteiger partial charge in [0.25, 0.3) is 0 Å². The van der Waals surface area contributed by atoms with Crippen molar-refractivity contribution in [3.8, 4) is 0 Å². The number of hydrogen-bond acceptors (Lipinski definition) is 6. The molecule has 2 aliphatic heterocycles. The van der Waals surface area contributed by atoms with Gasteiger partial charge < -0.3 is 10.1 Å². The Morgan fingerprint density at radius 3 is 2.79 bits per heavy atom. The molecule has 3 rings (SSSR count). The summed E-state index contributed by atoms with van der Waals surface area (Å²) in [6, 6.07) is 4.26. The molecule has 0 aromatic carbocycles. The molecular formula is C20H32N4O4S.